The molecule has 1 aliphatic rings. The molecular weight excluding hydrogens is 438 g/mol. The van der Waals surface area contributed by atoms with E-state index in [0.717, 1.165) is 37.3 Å². The smallest absolute Gasteiger partial charge is 0.271 e. The number of nitrogens with zero attached hydrogens (tertiary/aromatic N) is 3. The summed E-state index contributed by atoms with van der Waals surface area (Å²) in [6.07, 6.45) is 3.21. The topological polar surface area (TPSA) is 88.5 Å². The third-order valence-corrected chi connectivity index (χ3v) is 7.50. The normalized spacial score (nSPS) is 14.4. The van der Waals surface area contributed by atoms with Crippen molar-refractivity contribution in [3.63, 3.8) is 0 Å². The first-order valence-electron chi connectivity index (χ1n) is 10.7. The first-order chi connectivity index (χ1) is 16.1. The summed E-state index contributed by atoms with van der Waals surface area (Å²) in [6, 6.07) is 18.3. The number of nitrogens with one attached hydrogen (secondary N) is 2. The summed E-state index contributed by atoms with van der Waals surface area (Å²) in [4.78, 5) is 6.91. The average Bonchev–Trinajstić information content (AvgIpc) is 3.29. The van der Waals surface area contributed by atoms with E-state index in [-0.39, 0.29) is 4.90 Å². The predicted molar refractivity (Wildman–Crippen MR) is 130 cm³/mol. The van der Waals surface area contributed by atoms with Crippen LogP contribution in [-0.4, -0.2) is 50.7 Å². The zero-order chi connectivity index (χ0) is 22.8. The Morgan fingerprint density at radius 2 is 1.79 bits per heavy atom. The van der Waals surface area contributed by atoms with E-state index in [9.17, 15) is 8.42 Å². The highest BCUT2D eigenvalue weighted by atomic mass is 32.2. The van der Waals surface area contributed by atoms with Crippen LogP contribution < -0.4 is 20.3 Å². The minimum absolute atomic E-state index is 0.111. The molecule has 2 aromatic carbocycles. The number of piperazine rings is 1. The van der Waals surface area contributed by atoms with Crippen LogP contribution in [0.1, 0.15) is 0 Å². The minimum Gasteiger partial charge on any atom is -0.495 e. The summed E-state index contributed by atoms with van der Waals surface area (Å²) in [5, 5.41) is 7.37. The van der Waals surface area contributed by atoms with E-state index in [1.54, 1.807) is 48.8 Å². The fraction of sp³-hybridized carbons (Fsp3) is 0.208. The number of hydrogen-bond donors (Lipinski definition) is 2. The summed E-state index contributed by atoms with van der Waals surface area (Å²) in [7, 11) is -2.39. The number of fused-ring (bicyclic) bond motifs is 1. The fourth-order valence-electron chi connectivity index (χ4n) is 4.05. The molecule has 1 fully saturated rings. The van der Waals surface area contributed by atoms with Crippen molar-refractivity contribution in [2.24, 2.45) is 0 Å². The van der Waals surface area contributed by atoms with E-state index in [4.69, 9.17) is 4.74 Å². The van der Waals surface area contributed by atoms with Crippen LogP contribution in [0.25, 0.3) is 10.9 Å². The second kappa shape index (κ2) is 8.76. The maximum atomic E-state index is 13.4. The highest BCUT2D eigenvalue weighted by Gasteiger charge is 2.23. The third-order valence-electron chi connectivity index (χ3n) is 5.77. The van der Waals surface area contributed by atoms with Crippen LogP contribution in [0.5, 0.6) is 5.75 Å². The highest BCUT2D eigenvalue weighted by Crippen LogP contribution is 2.29. The molecule has 0 spiro atoms. The molecular formula is C24H25N5O3S. The van der Waals surface area contributed by atoms with Crippen LogP contribution >= 0.6 is 0 Å². The lowest BCUT2D eigenvalue weighted by molar-refractivity contribution is 0.402. The van der Waals surface area contributed by atoms with Gasteiger partial charge in [-0.05, 0) is 42.5 Å². The van der Waals surface area contributed by atoms with Crippen molar-refractivity contribution < 1.29 is 13.2 Å². The van der Waals surface area contributed by atoms with Crippen molar-refractivity contribution in [2.75, 3.05) is 43.5 Å². The van der Waals surface area contributed by atoms with Gasteiger partial charge >= 0.3 is 0 Å². The average molecular weight is 464 g/mol. The molecule has 3 heterocycles. The Hall–Kier alpha value is -3.56. The van der Waals surface area contributed by atoms with E-state index in [1.165, 1.54) is 16.8 Å². The van der Waals surface area contributed by atoms with Gasteiger partial charge in [-0.15, -0.1) is 0 Å². The molecule has 4 aromatic rings. The summed E-state index contributed by atoms with van der Waals surface area (Å²) in [5.41, 5.74) is 2.60. The van der Waals surface area contributed by atoms with E-state index >= 15 is 0 Å². The second-order valence-corrected chi connectivity index (χ2v) is 9.59. The lowest BCUT2D eigenvalue weighted by Gasteiger charge is -2.29. The molecule has 8 nitrogen and oxygen atoms in total. The van der Waals surface area contributed by atoms with Crippen molar-refractivity contribution in [2.45, 2.75) is 4.90 Å². The van der Waals surface area contributed by atoms with Gasteiger partial charge in [0.05, 0.1) is 12.6 Å². The lowest BCUT2D eigenvalue weighted by Crippen LogP contribution is -2.43. The maximum absolute atomic E-state index is 13.4. The largest absolute Gasteiger partial charge is 0.495 e. The van der Waals surface area contributed by atoms with Crippen molar-refractivity contribution in [1.82, 2.24) is 14.3 Å². The van der Waals surface area contributed by atoms with Gasteiger partial charge in [-0.25, -0.2) is 17.4 Å². The minimum atomic E-state index is -3.85. The number of aromatic nitrogens is 2. The number of hydrogen-bond acceptors (Lipinski definition) is 7. The number of anilines is 3. The molecule has 1 aliphatic heterocycles. The Kier molecular flexibility index (Phi) is 5.65. The van der Waals surface area contributed by atoms with Crippen LogP contribution in [0.4, 0.5) is 17.2 Å². The first kappa shape index (κ1) is 21.3. The third kappa shape index (κ3) is 4.12. The van der Waals surface area contributed by atoms with Gasteiger partial charge < -0.3 is 20.3 Å². The molecule has 0 radical (unpaired) electrons. The summed E-state index contributed by atoms with van der Waals surface area (Å²) >= 11 is 0. The zero-order valence-corrected chi connectivity index (χ0v) is 19.0. The Morgan fingerprint density at radius 1 is 1.03 bits per heavy atom. The molecule has 5 rings (SSSR count). The summed E-state index contributed by atoms with van der Waals surface area (Å²) in [6.45, 7) is 3.95. The van der Waals surface area contributed by atoms with Crippen LogP contribution in [0.2, 0.25) is 0 Å². The molecule has 9 heteroatoms. The van der Waals surface area contributed by atoms with E-state index in [1.807, 2.05) is 12.1 Å². The number of rotatable bonds is 6. The van der Waals surface area contributed by atoms with Gasteiger partial charge in [0.2, 0.25) is 0 Å². The fourth-order valence-corrected chi connectivity index (χ4v) is 5.55. The lowest BCUT2D eigenvalue weighted by atomic mass is 10.2. The summed E-state index contributed by atoms with van der Waals surface area (Å²) in [5.74, 6) is 0.865. The number of benzene rings is 2. The van der Waals surface area contributed by atoms with Crippen LogP contribution in [0.3, 0.4) is 0 Å². The van der Waals surface area contributed by atoms with E-state index in [0.29, 0.717) is 17.1 Å². The molecule has 2 aromatic heterocycles. The van der Waals surface area contributed by atoms with Crippen LogP contribution in [0.15, 0.2) is 78.0 Å². The van der Waals surface area contributed by atoms with Crippen LogP contribution in [-0.2, 0) is 10.0 Å². The molecule has 0 unspecified atom stereocenters. The Bertz CT molecular complexity index is 1380. The van der Waals surface area contributed by atoms with Gasteiger partial charge in [-0.2, -0.15) is 0 Å². The van der Waals surface area contributed by atoms with E-state index < -0.39 is 10.0 Å². The molecule has 33 heavy (non-hydrogen) atoms. The molecule has 0 saturated carbocycles. The number of para-hydroxylation sites is 1. The van der Waals surface area contributed by atoms with E-state index in [2.05, 4.69) is 32.7 Å². The maximum Gasteiger partial charge on any atom is 0.271 e. The van der Waals surface area contributed by atoms with Crippen molar-refractivity contribution >= 4 is 38.1 Å². The Balaban J connectivity index is 1.44. The molecule has 0 amide bonds. The molecule has 0 aliphatic carbocycles. The van der Waals surface area contributed by atoms with Gasteiger partial charge in [0.15, 0.2) is 0 Å². The predicted octanol–water partition coefficient (Wildman–Crippen LogP) is 3.44. The van der Waals surface area contributed by atoms with Gasteiger partial charge in [0.25, 0.3) is 10.0 Å². The summed E-state index contributed by atoms with van der Waals surface area (Å²) < 4.78 is 33.3. The van der Waals surface area contributed by atoms with Crippen molar-refractivity contribution in [3.05, 3.63) is 73.1 Å². The quantitative estimate of drug-likeness (QED) is 0.453. The Morgan fingerprint density at radius 3 is 2.55 bits per heavy atom. The number of pyridine rings is 1. The van der Waals surface area contributed by atoms with Gasteiger partial charge in [0, 0.05) is 61.4 Å². The molecule has 1 saturated heterocycles. The zero-order valence-electron chi connectivity index (χ0n) is 18.2. The van der Waals surface area contributed by atoms with Gasteiger partial charge in [-0.3, -0.25) is 0 Å². The van der Waals surface area contributed by atoms with Gasteiger partial charge in [0.1, 0.15) is 16.5 Å². The molecule has 0 atom stereocenters. The number of ether oxygens (including phenoxy) is 1. The number of methoxy groups -OCH3 is 1. The SMILES string of the molecule is COc1ccccc1S(=O)(=O)n1ccc2cnc(Nc3ccc(N4CCNCC4)cc3)cc21. The monoisotopic (exact) mass is 463 g/mol. The standard InChI is InChI=1S/C24H25N5O3S/c1-32-22-4-2-3-5-23(22)33(30,31)29-13-10-18-17-26-24(16-21(18)29)27-19-6-8-20(9-7-19)28-14-11-25-12-15-28/h2-10,13,16-17,25H,11-12,14-15H2,1H3,(H,26,27). The molecule has 0 bridgehead atoms. The first-order valence-corrected chi connectivity index (χ1v) is 12.2. The van der Waals surface area contributed by atoms with Gasteiger partial charge in [-0.1, -0.05) is 12.1 Å². The second-order valence-electron chi connectivity index (χ2n) is 7.80. The highest BCUT2D eigenvalue weighted by molar-refractivity contribution is 7.90. The van der Waals surface area contributed by atoms with Crippen molar-refractivity contribution in [3.8, 4) is 5.75 Å². The Labute approximate surface area is 192 Å². The molecule has 170 valence electrons. The van der Waals surface area contributed by atoms with Crippen molar-refractivity contribution in [1.29, 1.82) is 0 Å². The molecule has 2 N–H and O–H groups in total. The van der Waals surface area contributed by atoms with Crippen LogP contribution in [0, 0.1) is 0 Å².